The molecule has 4 aromatic rings. The number of aromatic nitrogens is 2. The van der Waals surface area contributed by atoms with E-state index in [0.29, 0.717) is 32.4 Å². The molecule has 7 heteroatoms. The van der Waals surface area contributed by atoms with Crippen LogP contribution in [0.2, 0.25) is 10.0 Å². The highest BCUT2D eigenvalue weighted by Crippen LogP contribution is 2.28. The van der Waals surface area contributed by atoms with Crippen molar-refractivity contribution in [1.29, 1.82) is 0 Å². The molecule has 2 aromatic carbocycles. The molecule has 128 valence electrons. The highest BCUT2D eigenvalue weighted by molar-refractivity contribution is 6.42. The molecule has 0 aliphatic carbocycles. The second-order valence-corrected chi connectivity index (χ2v) is 6.31. The van der Waals surface area contributed by atoms with Crippen molar-refractivity contribution in [2.24, 2.45) is 0 Å². The van der Waals surface area contributed by atoms with E-state index < -0.39 is 0 Å². The molecule has 1 amide bonds. The number of hydrogen-bond donors (Lipinski definition) is 1. The van der Waals surface area contributed by atoms with Crippen molar-refractivity contribution in [3.05, 3.63) is 76.4 Å². The van der Waals surface area contributed by atoms with Crippen LogP contribution in [0.25, 0.3) is 22.4 Å². The third-order valence-corrected chi connectivity index (χ3v) is 4.49. The largest absolute Gasteiger partial charge is 0.423 e. The van der Waals surface area contributed by atoms with E-state index in [2.05, 4.69) is 15.3 Å². The van der Waals surface area contributed by atoms with Gasteiger partial charge in [-0.3, -0.25) is 15.1 Å². The van der Waals surface area contributed by atoms with Gasteiger partial charge in [-0.2, -0.15) is 4.98 Å². The lowest BCUT2D eigenvalue weighted by atomic mass is 10.1. The number of nitrogens with zero attached hydrogens (tertiary/aromatic N) is 2. The maximum absolute atomic E-state index is 12.5. The molecule has 0 fully saturated rings. The molecule has 2 aromatic heterocycles. The number of rotatable bonds is 3. The smallest absolute Gasteiger partial charge is 0.302 e. The number of nitrogens with one attached hydrogen (secondary N) is 1. The lowest BCUT2D eigenvalue weighted by Gasteiger charge is -2.05. The first-order chi connectivity index (χ1) is 12.6. The van der Waals surface area contributed by atoms with Crippen molar-refractivity contribution >= 4 is 46.2 Å². The van der Waals surface area contributed by atoms with Gasteiger partial charge in [-0.15, -0.1) is 0 Å². The fraction of sp³-hybridized carbons (Fsp3) is 0. The summed E-state index contributed by atoms with van der Waals surface area (Å²) in [5.74, 6) is -0.347. The minimum Gasteiger partial charge on any atom is -0.423 e. The van der Waals surface area contributed by atoms with Gasteiger partial charge >= 0.3 is 6.01 Å². The third kappa shape index (κ3) is 3.27. The zero-order valence-electron chi connectivity index (χ0n) is 13.2. The number of fused-ring (bicyclic) bond motifs is 1. The van der Waals surface area contributed by atoms with Gasteiger partial charge in [-0.05, 0) is 36.4 Å². The van der Waals surface area contributed by atoms with Crippen LogP contribution in [0, 0.1) is 0 Å². The van der Waals surface area contributed by atoms with E-state index >= 15 is 0 Å². The van der Waals surface area contributed by atoms with Gasteiger partial charge in [0.2, 0.25) is 0 Å². The number of pyridine rings is 1. The van der Waals surface area contributed by atoms with Crippen molar-refractivity contribution in [3.63, 3.8) is 0 Å². The number of hydrogen-bond acceptors (Lipinski definition) is 4. The van der Waals surface area contributed by atoms with Gasteiger partial charge in [0.1, 0.15) is 5.52 Å². The molecule has 0 aliphatic heterocycles. The zero-order chi connectivity index (χ0) is 18.1. The first-order valence-electron chi connectivity index (χ1n) is 7.68. The predicted octanol–water partition coefficient (Wildman–Crippen LogP) is 5.45. The lowest BCUT2D eigenvalue weighted by molar-refractivity contribution is 0.102. The van der Waals surface area contributed by atoms with Gasteiger partial charge in [-0.1, -0.05) is 41.4 Å². The highest BCUT2D eigenvalue weighted by Gasteiger charge is 2.13. The number of halogens is 2. The van der Waals surface area contributed by atoms with E-state index in [9.17, 15) is 4.79 Å². The van der Waals surface area contributed by atoms with Crippen LogP contribution in [0.1, 0.15) is 10.4 Å². The SMILES string of the molecule is O=C(Nc1nc2ccccc2o1)c1ccnc(-c2ccc(Cl)c(Cl)c2)c1. The second-order valence-electron chi connectivity index (χ2n) is 5.50. The molecule has 0 aliphatic rings. The van der Waals surface area contributed by atoms with E-state index in [1.54, 1.807) is 42.6 Å². The lowest BCUT2D eigenvalue weighted by Crippen LogP contribution is -2.12. The number of anilines is 1. The van der Waals surface area contributed by atoms with Crippen molar-refractivity contribution in [2.45, 2.75) is 0 Å². The molecule has 0 bridgehead atoms. The first kappa shape index (κ1) is 16.6. The van der Waals surface area contributed by atoms with E-state index in [0.717, 1.165) is 5.56 Å². The van der Waals surface area contributed by atoms with Gasteiger partial charge in [0.15, 0.2) is 5.58 Å². The number of carbonyl (C=O) groups excluding carboxylic acids is 1. The standard InChI is InChI=1S/C19H11Cl2N3O2/c20-13-6-5-11(9-14(13)21)16-10-12(7-8-22-16)18(25)24-19-23-15-3-1-2-4-17(15)26-19/h1-10H,(H,23,24,25). The molecule has 5 nitrogen and oxygen atoms in total. The molecule has 0 saturated carbocycles. The Hall–Kier alpha value is -2.89. The van der Waals surface area contributed by atoms with Crippen LogP contribution in [-0.2, 0) is 0 Å². The monoisotopic (exact) mass is 383 g/mol. The Morgan fingerprint density at radius 3 is 2.65 bits per heavy atom. The summed E-state index contributed by atoms with van der Waals surface area (Å²) in [6.07, 6.45) is 1.55. The van der Waals surface area contributed by atoms with E-state index in [1.807, 2.05) is 18.2 Å². The summed E-state index contributed by atoms with van der Waals surface area (Å²) in [6.45, 7) is 0. The van der Waals surface area contributed by atoms with E-state index in [4.69, 9.17) is 27.6 Å². The molecule has 26 heavy (non-hydrogen) atoms. The van der Waals surface area contributed by atoms with Crippen LogP contribution in [0.3, 0.4) is 0 Å². The Balaban J connectivity index is 1.61. The summed E-state index contributed by atoms with van der Waals surface area (Å²) in [5.41, 5.74) is 3.07. The number of oxazole rings is 1. The molecule has 0 radical (unpaired) electrons. The van der Waals surface area contributed by atoms with Crippen molar-refractivity contribution in [3.8, 4) is 11.3 Å². The highest BCUT2D eigenvalue weighted by atomic mass is 35.5. The van der Waals surface area contributed by atoms with E-state index in [1.165, 1.54) is 0 Å². The summed E-state index contributed by atoms with van der Waals surface area (Å²) in [4.78, 5) is 21.0. The third-order valence-electron chi connectivity index (χ3n) is 3.75. The summed E-state index contributed by atoms with van der Waals surface area (Å²) in [6, 6.07) is 15.9. The van der Waals surface area contributed by atoms with E-state index in [-0.39, 0.29) is 11.9 Å². The molecular weight excluding hydrogens is 373 g/mol. The maximum atomic E-state index is 12.5. The average Bonchev–Trinajstić information content (AvgIpc) is 3.06. The molecule has 4 rings (SSSR count). The summed E-state index contributed by atoms with van der Waals surface area (Å²) in [5, 5.41) is 3.54. The minimum atomic E-state index is -0.347. The van der Waals surface area contributed by atoms with Gasteiger partial charge < -0.3 is 4.42 Å². The van der Waals surface area contributed by atoms with Crippen LogP contribution < -0.4 is 5.32 Å². The molecule has 0 atom stereocenters. The number of para-hydroxylation sites is 2. The normalized spacial score (nSPS) is 10.8. The Morgan fingerprint density at radius 2 is 1.85 bits per heavy atom. The fourth-order valence-electron chi connectivity index (χ4n) is 2.48. The predicted molar refractivity (Wildman–Crippen MR) is 102 cm³/mol. The number of benzene rings is 2. The Morgan fingerprint density at radius 1 is 1.00 bits per heavy atom. The van der Waals surface area contributed by atoms with Crippen LogP contribution in [0.4, 0.5) is 6.01 Å². The number of carbonyl (C=O) groups is 1. The first-order valence-corrected chi connectivity index (χ1v) is 8.44. The van der Waals surface area contributed by atoms with Gasteiger partial charge in [0.05, 0.1) is 15.7 Å². The van der Waals surface area contributed by atoms with Crippen LogP contribution in [-0.4, -0.2) is 15.9 Å². The molecule has 0 saturated heterocycles. The van der Waals surface area contributed by atoms with Crippen LogP contribution in [0.5, 0.6) is 0 Å². The molecule has 0 spiro atoms. The molecular formula is C19H11Cl2N3O2. The quantitative estimate of drug-likeness (QED) is 0.510. The molecule has 2 heterocycles. The average molecular weight is 384 g/mol. The molecule has 0 unspecified atom stereocenters. The van der Waals surface area contributed by atoms with Crippen LogP contribution >= 0.6 is 23.2 Å². The maximum Gasteiger partial charge on any atom is 0.302 e. The van der Waals surface area contributed by atoms with Gasteiger partial charge in [0.25, 0.3) is 5.91 Å². The van der Waals surface area contributed by atoms with Gasteiger partial charge in [0, 0.05) is 17.3 Å². The Kier molecular flexibility index (Phi) is 4.32. The second kappa shape index (κ2) is 6.78. The number of amides is 1. The van der Waals surface area contributed by atoms with Crippen LogP contribution in [0.15, 0.2) is 65.2 Å². The Bertz CT molecular complexity index is 1090. The minimum absolute atomic E-state index is 0.143. The zero-order valence-corrected chi connectivity index (χ0v) is 14.8. The van der Waals surface area contributed by atoms with Crippen molar-refractivity contribution in [1.82, 2.24) is 9.97 Å². The Labute approximate surface area is 158 Å². The van der Waals surface area contributed by atoms with Crippen molar-refractivity contribution < 1.29 is 9.21 Å². The molecule has 1 N–H and O–H groups in total. The topological polar surface area (TPSA) is 68.0 Å². The van der Waals surface area contributed by atoms with Gasteiger partial charge in [-0.25, -0.2) is 0 Å². The van der Waals surface area contributed by atoms with Crippen molar-refractivity contribution in [2.75, 3.05) is 5.32 Å². The summed E-state index contributed by atoms with van der Waals surface area (Å²) < 4.78 is 5.51. The summed E-state index contributed by atoms with van der Waals surface area (Å²) >= 11 is 12.0. The summed E-state index contributed by atoms with van der Waals surface area (Å²) in [7, 11) is 0. The fourth-order valence-corrected chi connectivity index (χ4v) is 2.78.